The lowest BCUT2D eigenvalue weighted by molar-refractivity contribution is 0.107. The van der Waals surface area contributed by atoms with Crippen molar-refractivity contribution in [2.45, 2.75) is 33.3 Å². The van der Waals surface area contributed by atoms with Crippen LogP contribution >= 0.6 is 0 Å². The molecule has 1 heterocycles. The summed E-state index contributed by atoms with van der Waals surface area (Å²) >= 11 is 0. The van der Waals surface area contributed by atoms with Crippen LogP contribution in [0, 0.1) is 11.9 Å². The van der Waals surface area contributed by atoms with Crippen LogP contribution in [0.4, 0.5) is 4.39 Å². The van der Waals surface area contributed by atoms with Gasteiger partial charge in [0.15, 0.2) is 6.10 Å². The molecule has 4 heteroatoms. The third kappa shape index (κ3) is 4.73. The number of halogens is 1. The van der Waals surface area contributed by atoms with E-state index in [9.17, 15) is 4.39 Å². The van der Waals surface area contributed by atoms with E-state index in [4.69, 9.17) is 9.47 Å². The molecule has 0 aliphatic rings. The first-order chi connectivity index (χ1) is 8.52. The van der Waals surface area contributed by atoms with Crippen LogP contribution in [-0.4, -0.2) is 17.7 Å². The minimum Gasteiger partial charge on any atom is -0.495 e. The molecule has 0 amide bonds. The molecule has 3 nitrogen and oxygen atoms in total. The van der Waals surface area contributed by atoms with Crippen LogP contribution in [0.15, 0.2) is 30.5 Å². The minimum absolute atomic E-state index is 0.251. The van der Waals surface area contributed by atoms with Gasteiger partial charge in [0.25, 0.3) is 0 Å². The van der Waals surface area contributed by atoms with E-state index in [2.05, 4.69) is 25.4 Å². The molecule has 1 rings (SSSR count). The molecule has 0 N–H and O–H groups in total. The minimum atomic E-state index is -0.558. The van der Waals surface area contributed by atoms with Gasteiger partial charge in [0.05, 0.1) is 6.61 Å². The van der Waals surface area contributed by atoms with E-state index < -0.39 is 5.95 Å². The molecule has 0 saturated heterocycles. The highest BCUT2D eigenvalue weighted by Gasteiger charge is 2.18. The van der Waals surface area contributed by atoms with Crippen LogP contribution in [0.1, 0.15) is 27.2 Å². The largest absolute Gasteiger partial charge is 0.495 e. The van der Waals surface area contributed by atoms with Crippen molar-refractivity contribution in [3.05, 3.63) is 36.5 Å². The Morgan fingerprint density at radius 2 is 2.17 bits per heavy atom. The fourth-order valence-electron chi connectivity index (χ4n) is 1.55. The average molecular weight is 253 g/mol. The predicted molar refractivity (Wildman–Crippen MR) is 68.8 cm³/mol. The summed E-state index contributed by atoms with van der Waals surface area (Å²) in [5.74, 6) is 0.664. The van der Waals surface area contributed by atoms with Gasteiger partial charge in [-0.2, -0.15) is 9.37 Å². The number of nitrogens with zero attached hydrogens (tertiary/aromatic N) is 1. The van der Waals surface area contributed by atoms with Gasteiger partial charge in [-0.25, -0.2) is 0 Å². The van der Waals surface area contributed by atoms with Crippen molar-refractivity contribution < 1.29 is 13.9 Å². The second-order valence-corrected chi connectivity index (χ2v) is 4.43. The number of hydrogen-bond acceptors (Lipinski definition) is 3. The summed E-state index contributed by atoms with van der Waals surface area (Å²) in [5.41, 5.74) is 0. The van der Waals surface area contributed by atoms with E-state index in [-0.39, 0.29) is 12.0 Å². The maximum absolute atomic E-state index is 13.0. The topological polar surface area (TPSA) is 31.4 Å². The summed E-state index contributed by atoms with van der Waals surface area (Å²) in [5, 5.41) is 0. The Morgan fingerprint density at radius 1 is 1.44 bits per heavy atom. The smallest absolute Gasteiger partial charge is 0.216 e. The number of pyridine rings is 1. The molecule has 1 aromatic heterocycles. The lowest BCUT2D eigenvalue weighted by atomic mass is 10.1. The molecule has 0 aromatic carbocycles. The van der Waals surface area contributed by atoms with Crippen molar-refractivity contribution in [3.8, 4) is 5.88 Å². The van der Waals surface area contributed by atoms with E-state index in [0.29, 0.717) is 18.3 Å². The lowest BCUT2D eigenvalue weighted by Gasteiger charge is -2.22. The van der Waals surface area contributed by atoms with Gasteiger partial charge in [0, 0.05) is 6.07 Å². The lowest BCUT2D eigenvalue weighted by Crippen LogP contribution is -2.23. The zero-order chi connectivity index (χ0) is 13.5. The van der Waals surface area contributed by atoms with Gasteiger partial charge in [-0.3, -0.25) is 0 Å². The standard InChI is InChI=1S/C14H20FNO2/c1-5-17-11(4)12(9-10(2)3)18-14-8-6-7-13(15)16-14/h6-8,10,12H,4-5,9H2,1-3H3. The maximum atomic E-state index is 13.0. The van der Waals surface area contributed by atoms with E-state index >= 15 is 0 Å². The van der Waals surface area contributed by atoms with Gasteiger partial charge in [-0.15, -0.1) is 0 Å². The molecule has 0 spiro atoms. The molecule has 1 atom stereocenters. The second-order valence-electron chi connectivity index (χ2n) is 4.43. The second kappa shape index (κ2) is 6.99. The highest BCUT2D eigenvalue weighted by atomic mass is 19.1. The SMILES string of the molecule is C=C(OCC)C(CC(C)C)Oc1cccc(F)n1. The Labute approximate surface area is 108 Å². The molecule has 0 saturated carbocycles. The van der Waals surface area contributed by atoms with Crippen LogP contribution in [0.25, 0.3) is 0 Å². The molecule has 0 aliphatic heterocycles. The van der Waals surface area contributed by atoms with E-state index in [1.807, 2.05) is 6.92 Å². The number of rotatable bonds is 7. The van der Waals surface area contributed by atoms with Gasteiger partial charge in [-0.05, 0) is 25.3 Å². The van der Waals surface area contributed by atoms with Crippen molar-refractivity contribution in [2.24, 2.45) is 5.92 Å². The van der Waals surface area contributed by atoms with Gasteiger partial charge >= 0.3 is 0 Å². The van der Waals surface area contributed by atoms with Gasteiger partial charge in [0.2, 0.25) is 11.8 Å². The fraction of sp³-hybridized carbons (Fsp3) is 0.500. The van der Waals surface area contributed by atoms with E-state index in [0.717, 1.165) is 6.42 Å². The third-order valence-corrected chi connectivity index (χ3v) is 2.33. The molecule has 0 aliphatic carbocycles. The molecule has 18 heavy (non-hydrogen) atoms. The van der Waals surface area contributed by atoms with Crippen LogP contribution < -0.4 is 4.74 Å². The van der Waals surface area contributed by atoms with E-state index in [1.54, 1.807) is 12.1 Å². The van der Waals surface area contributed by atoms with Crippen LogP contribution in [0.3, 0.4) is 0 Å². The van der Waals surface area contributed by atoms with Crippen LogP contribution in [0.2, 0.25) is 0 Å². The third-order valence-electron chi connectivity index (χ3n) is 2.33. The van der Waals surface area contributed by atoms with Crippen molar-refractivity contribution in [3.63, 3.8) is 0 Å². The number of hydrogen-bond donors (Lipinski definition) is 0. The first kappa shape index (κ1) is 14.5. The highest BCUT2D eigenvalue weighted by Crippen LogP contribution is 2.19. The zero-order valence-corrected chi connectivity index (χ0v) is 11.1. The molecule has 0 radical (unpaired) electrons. The summed E-state index contributed by atoms with van der Waals surface area (Å²) in [7, 11) is 0. The summed E-state index contributed by atoms with van der Waals surface area (Å²) in [6.45, 7) is 10.4. The molecule has 100 valence electrons. The highest BCUT2D eigenvalue weighted by molar-refractivity contribution is 5.12. The fourth-order valence-corrected chi connectivity index (χ4v) is 1.55. The van der Waals surface area contributed by atoms with Gasteiger partial charge < -0.3 is 9.47 Å². The quantitative estimate of drug-likeness (QED) is 0.550. The van der Waals surface area contributed by atoms with Crippen molar-refractivity contribution in [1.82, 2.24) is 4.98 Å². The Morgan fingerprint density at radius 3 is 2.72 bits per heavy atom. The Hall–Kier alpha value is -1.58. The first-order valence-corrected chi connectivity index (χ1v) is 6.13. The monoisotopic (exact) mass is 253 g/mol. The van der Waals surface area contributed by atoms with Crippen LogP contribution in [-0.2, 0) is 4.74 Å². The number of aromatic nitrogens is 1. The molecular formula is C14H20FNO2. The first-order valence-electron chi connectivity index (χ1n) is 6.13. The number of ether oxygens (including phenoxy) is 2. The Bertz CT molecular complexity index is 393. The molecule has 1 unspecified atom stereocenters. The van der Waals surface area contributed by atoms with Gasteiger partial charge in [0.1, 0.15) is 5.76 Å². The predicted octanol–water partition coefficient (Wildman–Crippen LogP) is 3.56. The zero-order valence-electron chi connectivity index (χ0n) is 11.1. The summed E-state index contributed by atoms with van der Waals surface area (Å²) in [6, 6.07) is 4.46. The molecular weight excluding hydrogens is 233 g/mol. The normalized spacial score (nSPS) is 12.3. The average Bonchev–Trinajstić information content (AvgIpc) is 2.28. The maximum Gasteiger partial charge on any atom is 0.216 e. The Kier molecular flexibility index (Phi) is 5.62. The van der Waals surface area contributed by atoms with Crippen molar-refractivity contribution in [1.29, 1.82) is 0 Å². The van der Waals surface area contributed by atoms with Gasteiger partial charge in [-0.1, -0.05) is 26.5 Å². The van der Waals surface area contributed by atoms with E-state index in [1.165, 1.54) is 6.07 Å². The molecule has 0 bridgehead atoms. The Balaban J connectivity index is 2.74. The molecule has 1 aromatic rings. The van der Waals surface area contributed by atoms with Crippen molar-refractivity contribution >= 4 is 0 Å². The molecule has 0 fully saturated rings. The summed E-state index contributed by atoms with van der Waals surface area (Å²) < 4.78 is 24.0. The summed E-state index contributed by atoms with van der Waals surface area (Å²) in [6.07, 6.45) is 0.441. The van der Waals surface area contributed by atoms with Crippen molar-refractivity contribution in [2.75, 3.05) is 6.61 Å². The summed E-state index contributed by atoms with van der Waals surface area (Å²) in [4.78, 5) is 3.68. The van der Waals surface area contributed by atoms with Crippen LogP contribution in [0.5, 0.6) is 5.88 Å².